The second-order valence-corrected chi connectivity index (χ2v) is 12.3. The fourth-order valence-electron chi connectivity index (χ4n) is 4.24. The Morgan fingerprint density at radius 1 is 0.925 bits per heavy atom. The van der Waals surface area contributed by atoms with E-state index >= 15 is 0 Å². The van der Waals surface area contributed by atoms with Crippen molar-refractivity contribution in [2.24, 2.45) is 0 Å². The van der Waals surface area contributed by atoms with Crippen molar-refractivity contribution < 1.29 is 18.0 Å². The zero-order chi connectivity index (χ0) is 29.4. The van der Waals surface area contributed by atoms with Gasteiger partial charge >= 0.3 is 0 Å². The first-order valence-electron chi connectivity index (χ1n) is 13.5. The molecule has 40 heavy (non-hydrogen) atoms. The van der Waals surface area contributed by atoms with Crippen LogP contribution >= 0.6 is 11.6 Å². The van der Waals surface area contributed by atoms with Crippen molar-refractivity contribution in [3.63, 3.8) is 0 Å². The molecule has 3 aromatic rings. The summed E-state index contributed by atoms with van der Waals surface area (Å²) in [5, 5.41) is 3.37. The first-order chi connectivity index (χ1) is 19.0. The third-order valence-electron chi connectivity index (χ3n) is 6.91. The predicted molar refractivity (Wildman–Crippen MR) is 161 cm³/mol. The SMILES string of the molecule is CCC(C)NC(=O)C(CC)N(Cc1ccc(C)cc1)C(=O)CN(c1ccc(C)c(Cl)c1)S(=O)(=O)c1ccccc1. The van der Waals surface area contributed by atoms with E-state index in [1.165, 1.54) is 17.0 Å². The third-order valence-corrected chi connectivity index (χ3v) is 9.11. The highest BCUT2D eigenvalue weighted by molar-refractivity contribution is 7.92. The Bertz CT molecular complexity index is 1410. The van der Waals surface area contributed by atoms with Gasteiger partial charge in [-0.25, -0.2) is 8.42 Å². The number of benzene rings is 3. The number of amides is 2. The standard InChI is InChI=1S/C31H38ClN3O4S/c1-6-24(5)33-31(37)29(7-2)34(20-25-16-13-22(3)14-17-25)30(36)21-35(26-18-15-23(4)28(32)19-26)40(38,39)27-11-9-8-10-12-27/h8-19,24,29H,6-7,20-21H2,1-5H3,(H,33,37). The molecule has 214 valence electrons. The van der Waals surface area contributed by atoms with Gasteiger partial charge in [-0.2, -0.15) is 0 Å². The molecule has 0 bridgehead atoms. The first kappa shape index (κ1) is 31.2. The molecule has 3 rings (SSSR count). The van der Waals surface area contributed by atoms with Crippen molar-refractivity contribution >= 4 is 39.1 Å². The molecule has 0 aliphatic rings. The minimum atomic E-state index is -4.14. The lowest BCUT2D eigenvalue weighted by atomic mass is 10.1. The molecule has 2 amide bonds. The van der Waals surface area contributed by atoms with Crippen LogP contribution in [0.5, 0.6) is 0 Å². The van der Waals surface area contributed by atoms with Crippen LogP contribution in [0.4, 0.5) is 5.69 Å². The second kappa shape index (κ2) is 13.8. The molecule has 2 unspecified atom stereocenters. The van der Waals surface area contributed by atoms with E-state index < -0.39 is 28.5 Å². The van der Waals surface area contributed by atoms with Gasteiger partial charge < -0.3 is 10.2 Å². The van der Waals surface area contributed by atoms with Crippen molar-refractivity contribution in [3.8, 4) is 0 Å². The van der Waals surface area contributed by atoms with Gasteiger partial charge in [0.2, 0.25) is 11.8 Å². The molecule has 0 aliphatic carbocycles. The van der Waals surface area contributed by atoms with Gasteiger partial charge in [-0.3, -0.25) is 13.9 Å². The van der Waals surface area contributed by atoms with E-state index in [4.69, 9.17) is 11.6 Å². The lowest BCUT2D eigenvalue weighted by molar-refractivity contribution is -0.140. The fraction of sp³-hybridized carbons (Fsp3) is 0.355. The summed E-state index contributed by atoms with van der Waals surface area (Å²) in [6.45, 7) is 9.16. The fourth-order valence-corrected chi connectivity index (χ4v) is 5.84. The second-order valence-electron chi connectivity index (χ2n) is 10.0. The zero-order valence-electron chi connectivity index (χ0n) is 23.7. The monoisotopic (exact) mass is 583 g/mol. The number of hydrogen-bond acceptors (Lipinski definition) is 4. The van der Waals surface area contributed by atoms with Gasteiger partial charge in [0.25, 0.3) is 10.0 Å². The number of anilines is 1. The number of carbonyl (C=O) groups excluding carboxylic acids is 2. The van der Waals surface area contributed by atoms with Crippen LogP contribution in [-0.2, 0) is 26.2 Å². The van der Waals surface area contributed by atoms with Crippen LogP contribution in [0, 0.1) is 13.8 Å². The molecule has 0 saturated heterocycles. The third kappa shape index (κ3) is 7.64. The maximum absolute atomic E-state index is 14.1. The maximum atomic E-state index is 14.1. The van der Waals surface area contributed by atoms with E-state index in [0.29, 0.717) is 11.4 Å². The lowest BCUT2D eigenvalue weighted by Crippen LogP contribution is -2.53. The minimum absolute atomic E-state index is 0.0473. The van der Waals surface area contributed by atoms with Gasteiger partial charge in [-0.05, 0) is 69.0 Å². The van der Waals surface area contributed by atoms with Crippen molar-refractivity contribution in [1.82, 2.24) is 10.2 Å². The van der Waals surface area contributed by atoms with E-state index in [0.717, 1.165) is 27.4 Å². The highest BCUT2D eigenvalue weighted by Crippen LogP contribution is 2.28. The molecule has 9 heteroatoms. The van der Waals surface area contributed by atoms with E-state index in [-0.39, 0.29) is 29.1 Å². The average molecular weight is 584 g/mol. The van der Waals surface area contributed by atoms with Crippen molar-refractivity contribution in [1.29, 1.82) is 0 Å². The van der Waals surface area contributed by atoms with Crippen LogP contribution in [-0.4, -0.2) is 43.8 Å². The summed E-state index contributed by atoms with van der Waals surface area (Å²) in [5.74, 6) is -0.768. The van der Waals surface area contributed by atoms with Gasteiger partial charge in [0, 0.05) is 17.6 Å². The quantitative estimate of drug-likeness (QED) is 0.289. The number of sulfonamides is 1. The van der Waals surface area contributed by atoms with Crippen LogP contribution in [0.2, 0.25) is 5.02 Å². The first-order valence-corrected chi connectivity index (χ1v) is 15.3. The molecular weight excluding hydrogens is 546 g/mol. The molecule has 2 atom stereocenters. The minimum Gasteiger partial charge on any atom is -0.352 e. The Hall–Kier alpha value is -3.36. The topological polar surface area (TPSA) is 86.8 Å². The van der Waals surface area contributed by atoms with Crippen molar-refractivity contribution in [2.45, 2.75) is 71.0 Å². The number of aryl methyl sites for hydroxylation is 2. The number of carbonyl (C=O) groups is 2. The van der Waals surface area contributed by atoms with Crippen molar-refractivity contribution in [2.75, 3.05) is 10.8 Å². The van der Waals surface area contributed by atoms with Gasteiger partial charge in [-0.1, -0.05) is 79.5 Å². The summed E-state index contributed by atoms with van der Waals surface area (Å²) in [6.07, 6.45) is 1.10. The Labute approximate surface area is 243 Å². The Kier molecular flexibility index (Phi) is 10.8. The number of hydrogen-bond donors (Lipinski definition) is 1. The van der Waals surface area contributed by atoms with E-state index in [9.17, 15) is 18.0 Å². The molecule has 0 saturated carbocycles. The smallest absolute Gasteiger partial charge is 0.264 e. The van der Waals surface area contributed by atoms with Crippen LogP contribution in [0.15, 0.2) is 77.7 Å². The summed E-state index contributed by atoms with van der Waals surface area (Å²) in [5.41, 5.74) is 2.95. The number of nitrogens with zero attached hydrogens (tertiary/aromatic N) is 2. The van der Waals surface area contributed by atoms with Crippen LogP contribution < -0.4 is 9.62 Å². The van der Waals surface area contributed by atoms with Gasteiger partial charge in [0.15, 0.2) is 0 Å². The molecular formula is C31H38ClN3O4S. The van der Waals surface area contributed by atoms with Gasteiger partial charge in [0.1, 0.15) is 12.6 Å². The molecule has 0 fully saturated rings. The van der Waals surface area contributed by atoms with Gasteiger partial charge in [0.05, 0.1) is 10.6 Å². The molecule has 0 radical (unpaired) electrons. The summed E-state index contributed by atoms with van der Waals surface area (Å²) < 4.78 is 28.8. The number of nitrogens with one attached hydrogen (secondary N) is 1. The maximum Gasteiger partial charge on any atom is 0.264 e. The Morgan fingerprint density at radius 2 is 1.57 bits per heavy atom. The highest BCUT2D eigenvalue weighted by Gasteiger charge is 2.34. The summed E-state index contributed by atoms with van der Waals surface area (Å²) in [6, 6.07) is 19.7. The van der Waals surface area contributed by atoms with E-state index in [2.05, 4.69) is 5.32 Å². The molecule has 3 aromatic carbocycles. The predicted octanol–water partition coefficient (Wildman–Crippen LogP) is 5.87. The molecule has 0 heterocycles. The summed E-state index contributed by atoms with van der Waals surface area (Å²) in [4.78, 5) is 29.0. The largest absolute Gasteiger partial charge is 0.352 e. The summed E-state index contributed by atoms with van der Waals surface area (Å²) in [7, 11) is -4.14. The highest BCUT2D eigenvalue weighted by atomic mass is 35.5. The van der Waals surface area contributed by atoms with E-state index in [1.54, 1.807) is 36.4 Å². The zero-order valence-corrected chi connectivity index (χ0v) is 25.3. The normalized spacial score (nSPS) is 12.8. The van der Waals surface area contributed by atoms with Crippen LogP contribution in [0.1, 0.15) is 50.3 Å². The van der Waals surface area contributed by atoms with E-state index in [1.807, 2.05) is 58.9 Å². The lowest BCUT2D eigenvalue weighted by Gasteiger charge is -2.33. The number of rotatable bonds is 12. The Morgan fingerprint density at radius 3 is 2.15 bits per heavy atom. The number of halogens is 1. The molecule has 0 aromatic heterocycles. The summed E-state index contributed by atoms with van der Waals surface area (Å²) >= 11 is 6.38. The molecule has 7 nitrogen and oxygen atoms in total. The molecule has 0 spiro atoms. The molecule has 0 aliphatic heterocycles. The van der Waals surface area contributed by atoms with Crippen molar-refractivity contribution in [3.05, 3.63) is 94.5 Å². The van der Waals surface area contributed by atoms with Crippen LogP contribution in [0.3, 0.4) is 0 Å². The average Bonchev–Trinajstić information content (AvgIpc) is 2.94. The van der Waals surface area contributed by atoms with Gasteiger partial charge in [-0.15, -0.1) is 0 Å². The Balaban J connectivity index is 2.06. The molecule has 1 N–H and O–H groups in total. The van der Waals surface area contributed by atoms with Crippen LogP contribution in [0.25, 0.3) is 0 Å².